The maximum atomic E-state index is 12.8. The number of piperazine rings is 1. The van der Waals surface area contributed by atoms with Gasteiger partial charge < -0.3 is 19.6 Å². The number of nitrogens with zero attached hydrogens (tertiary/aromatic N) is 2. The van der Waals surface area contributed by atoms with Crippen molar-refractivity contribution in [3.8, 4) is 16.9 Å². The van der Waals surface area contributed by atoms with Gasteiger partial charge in [-0.2, -0.15) is 0 Å². The van der Waals surface area contributed by atoms with Gasteiger partial charge in [0.15, 0.2) is 0 Å². The third-order valence-corrected chi connectivity index (χ3v) is 6.13. The van der Waals surface area contributed by atoms with Crippen LogP contribution in [0.4, 0.5) is 0 Å². The minimum Gasteiger partial charge on any atom is -0.493 e. The molecule has 1 N–H and O–H groups in total. The van der Waals surface area contributed by atoms with Gasteiger partial charge in [0.2, 0.25) is 0 Å². The Balaban J connectivity index is 1.23. The maximum absolute atomic E-state index is 12.8. The fraction of sp³-hybridized carbons (Fsp3) is 0.391. The van der Waals surface area contributed by atoms with Crippen LogP contribution in [-0.2, 0) is 11.2 Å². The van der Waals surface area contributed by atoms with Crippen LogP contribution < -0.4 is 4.74 Å². The summed E-state index contributed by atoms with van der Waals surface area (Å²) in [5.41, 5.74) is 2.94. The molecule has 3 aliphatic rings. The van der Waals surface area contributed by atoms with Crippen molar-refractivity contribution in [3.63, 3.8) is 0 Å². The molecule has 1 saturated carbocycles. The highest BCUT2D eigenvalue weighted by Gasteiger charge is 2.50. The number of amides is 2. The number of benzene rings is 2. The predicted octanol–water partition coefficient (Wildman–Crippen LogP) is 2.10. The lowest BCUT2D eigenvalue weighted by Crippen LogP contribution is -2.53. The third-order valence-electron chi connectivity index (χ3n) is 6.13. The van der Waals surface area contributed by atoms with Crippen molar-refractivity contribution < 1.29 is 19.4 Å². The van der Waals surface area contributed by atoms with Crippen molar-refractivity contribution in [3.05, 3.63) is 53.6 Å². The van der Waals surface area contributed by atoms with Gasteiger partial charge in [-0.15, -0.1) is 0 Å². The summed E-state index contributed by atoms with van der Waals surface area (Å²) in [6.45, 7) is 2.68. The molecule has 0 unspecified atom stereocenters. The summed E-state index contributed by atoms with van der Waals surface area (Å²) in [5.74, 6) is 0.761. The van der Waals surface area contributed by atoms with Gasteiger partial charge in [-0.3, -0.25) is 9.59 Å². The number of carbonyl (C=O) groups is 2. The Hall–Kier alpha value is -2.86. The topological polar surface area (TPSA) is 70.1 Å². The molecule has 0 aromatic heterocycles. The minimum absolute atomic E-state index is 0.0175. The highest BCUT2D eigenvalue weighted by molar-refractivity contribution is 5.95. The fourth-order valence-electron chi connectivity index (χ4n) is 4.09. The SMILES string of the molecule is O=C(c1ccc(-c2ccc3c(c2)CCO3)cc1)N1CCN(C(=O)C2(O)CC2)CC1. The molecule has 2 heterocycles. The van der Waals surface area contributed by atoms with Crippen molar-refractivity contribution in [2.45, 2.75) is 24.9 Å². The van der Waals surface area contributed by atoms with Crippen LogP contribution in [0, 0.1) is 0 Å². The standard InChI is InChI=1S/C23H24N2O4/c26-21(24-10-12-25(13-11-24)22(27)23(28)8-9-23)17-3-1-16(2-4-17)18-5-6-20-19(15-18)7-14-29-20/h1-6,15,28H,7-14H2. The van der Waals surface area contributed by atoms with Gasteiger partial charge in [-0.25, -0.2) is 0 Å². The summed E-state index contributed by atoms with van der Waals surface area (Å²) in [4.78, 5) is 28.5. The minimum atomic E-state index is -1.13. The van der Waals surface area contributed by atoms with Gasteiger partial charge >= 0.3 is 0 Å². The Labute approximate surface area is 169 Å². The van der Waals surface area contributed by atoms with E-state index < -0.39 is 5.60 Å². The van der Waals surface area contributed by atoms with Crippen LogP contribution in [0.3, 0.4) is 0 Å². The molecular weight excluding hydrogens is 368 g/mol. The van der Waals surface area contributed by atoms with E-state index in [1.807, 2.05) is 36.4 Å². The van der Waals surface area contributed by atoms with E-state index in [0.29, 0.717) is 44.6 Å². The molecule has 2 amide bonds. The van der Waals surface area contributed by atoms with Crippen LogP contribution in [0.25, 0.3) is 11.1 Å². The first-order valence-electron chi connectivity index (χ1n) is 10.2. The third kappa shape index (κ3) is 3.38. The lowest BCUT2D eigenvalue weighted by atomic mass is 10.0. The van der Waals surface area contributed by atoms with Crippen molar-refractivity contribution in [1.29, 1.82) is 0 Å². The fourth-order valence-corrected chi connectivity index (χ4v) is 4.09. The number of aliphatic hydroxyl groups is 1. The van der Waals surface area contributed by atoms with Crippen LogP contribution in [-0.4, -0.2) is 65.1 Å². The van der Waals surface area contributed by atoms with Gasteiger partial charge in [0.1, 0.15) is 11.4 Å². The molecule has 2 aromatic rings. The smallest absolute Gasteiger partial charge is 0.254 e. The number of hydrogen-bond acceptors (Lipinski definition) is 4. The molecule has 0 spiro atoms. The number of fused-ring (bicyclic) bond motifs is 1. The zero-order valence-electron chi connectivity index (χ0n) is 16.3. The van der Waals surface area contributed by atoms with Crippen LogP contribution in [0.5, 0.6) is 5.75 Å². The highest BCUT2D eigenvalue weighted by atomic mass is 16.5. The first-order valence-corrected chi connectivity index (χ1v) is 10.2. The van der Waals surface area contributed by atoms with Gasteiger partial charge in [0.25, 0.3) is 11.8 Å². The quantitative estimate of drug-likeness (QED) is 0.869. The normalized spacial score (nSPS) is 19.5. The van der Waals surface area contributed by atoms with E-state index in [1.165, 1.54) is 5.56 Å². The number of hydrogen-bond donors (Lipinski definition) is 1. The first kappa shape index (κ1) is 18.2. The molecule has 2 fully saturated rings. The summed E-state index contributed by atoms with van der Waals surface area (Å²) in [6, 6.07) is 13.9. The second-order valence-corrected chi connectivity index (χ2v) is 8.11. The molecule has 5 rings (SSSR count). The zero-order valence-corrected chi connectivity index (χ0v) is 16.3. The number of carbonyl (C=O) groups excluding carboxylic acids is 2. The van der Waals surface area contributed by atoms with E-state index in [-0.39, 0.29) is 11.8 Å². The molecule has 6 nitrogen and oxygen atoms in total. The number of rotatable bonds is 3. The van der Waals surface area contributed by atoms with Crippen molar-refractivity contribution >= 4 is 11.8 Å². The van der Waals surface area contributed by atoms with E-state index in [0.717, 1.165) is 29.9 Å². The molecule has 0 radical (unpaired) electrons. The summed E-state index contributed by atoms with van der Waals surface area (Å²) in [5, 5.41) is 10.00. The van der Waals surface area contributed by atoms with Crippen LogP contribution in [0.2, 0.25) is 0 Å². The van der Waals surface area contributed by atoms with Gasteiger partial charge in [0.05, 0.1) is 6.61 Å². The summed E-state index contributed by atoms with van der Waals surface area (Å²) >= 11 is 0. The maximum Gasteiger partial charge on any atom is 0.254 e. The molecule has 29 heavy (non-hydrogen) atoms. The molecule has 0 bridgehead atoms. The van der Waals surface area contributed by atoms with E-state index >= 15 is 0 Å². The van der Waals surface area contributed by atoms with Crippen LogP contribution in [0.15, 0.2) is 42.5 Å². The van der Waals surface area contributed by atoms with E-state index in [4.69, 9.17) is 4.74 Å². The zero-order chi connectivity index (χ0) is 20.0. The summed E-state index contributed by atoms with van der Waals surface area (Å²) in [6.07, 6.45) is 2.04. The molecule has 6 heteroatoms. The van der Waals surface area contributed by atoms with Crippen molar-refractivity contribution in [2.24, 2.45) is 0 Å². The average Bonchev–Trinajstić information content (AvgIpc) is 3.34. The molecule has 2 aliphatic heterocycles. The summed E-state index contributed by atoms with van der Waals surface area (Å²) < 4.78 is 5.56. The van der Waals surface area contributed by atoms with E-state index in [1.54, 1.807) is 9.80 Å². The second kappa shape index (κ2) is 6.88. The van der Waals surface area contributed by atoms with Gasteiger partial charge in [-0.05, 0) is 53.8 Å². The molecular formula is C23H24N2O4. The molecule has 2 aromatic carbocycles. The van der Waals surface area contributed by atoms with Gasteiger partial charge in [0, 0.05) is 38.2 Å². The van der Waals surface area contributed by atoms with Crippen LogP contribution in [0.1, 0.15) is 28.8 Å². The predicted molar refractivity (Wildman–Crippen MR) is 108 cm³/mol. The molecule has 150 valence electrons. The van der Waals surface area contributed by atoms with E-state index in [2.05, 4.69) is 6.07 Å². The Bertz CT molecular complexity index is 957. The van der Waals surface area contributed by atoms with Crippen molar-refractivity contribution in [2.75, 3.05) is 32.8 Å². The van der Waals surface area contributed by atoms with Gasteiger partial charge in [-0.1, -0.05) is 18.2 Å². The first-order chi connectivity index (χ1) is 14.0. The van der Waals surface area contributed by atoms with E-state index in [9.17, 15) is 14.7 Å². The average molecular weight is 392 g/mol. The lowest BCUT2D eigenvalue weighted by Gasteiger charge is -2.35. The second-order valence-electron chi connectivity index (χ2n) is 8.11. The Morgan fingerprint density at radius 3 is 2.24 bits per heavy atom. The Morgan fingerprint density at radius 1 is 0.897 bits per heavy atom. The monoisotopic (exact) mass is 392 g/mol. The molecule has 1 aliphatic carbocycles. The lowest BCUT2D eigenvalue weighted by molar-refractivity contribution is -0.143. The Morgan fingerprint density at radius 2 is 1.55 bits per heavy atom. The molecule has 0 atom stereocenters. The highest BCUT2D eigenvalue weighted by Crippen LogP contribution is 2.37. The van der Waals surface area contributed by atoms with Crippen molar-refractivity contribution in [1.82, 2.24) is 9.80 Å². The largest absolute Gasteiger partial charge is 0.493 e. The molecule has 1 saturated heterocycles. The summed E-state index contributed by atoms with van der Waals surface area (Å²) in [7, 11) is 0. The van der Waals surface area contributed by atoms with Crippen LogP contribution >= 0.6 is 0 Å². The Kier molecular flexibility index (Phi) is 4.32. The number of ether oxygens (including phenoxy) is 1.